The third-order valence-electron chi connectivity index (χ3n) is 3.56. The van der Waals surface area contributed by atoms with Crippen molar-refractivity contribution in [3.8, 4) is 0 Å². The van der Waals surface area contributed by atoms with Gasteiger partial charge in [-0.05, 0) is 12.1 Å². The summed E-state index contributed by atoms with van der Waals surface area (Å²) in [7, 11) is 0. The Bertz CT molecular complexity index is 684. The van der Waals surface area contributed by atoms with E-state index in [0.29, 0.717) is 23.6 Å². The lowest BCUT2D eigenvalue weighted by molar-refractivity contribution is 0.0264. The molecule has 1 atom stereocenters. The van der Waals surface area contributed by atoms with Crippen molar-refractivity contribution >= 4 is 28.4 Å². The molecule has 1 aromatic carbocycles. The first-order chi connectivity index (χ1) is 10.1. The van der Waals surface area contributed by atoms with Crippen LogP contribution in [0, 0.1) is 0 Å². The number of aliphatic hydroxyl groups is 1. The molecular weight excluding hydrogens is 292 g/mol. The fourth-order valence-corrected chi connectivity index (χ4v) is 2.58. The Morgan fingerprint density at radius 1 is 1.48 bits per heavy atom. The second-order valence-corrected chi connectivity index (χ2v) is 5.62. The highest BCUT2D eigenvalue weighted by atomic mass is 35.5. The predicted octanol–water partition coefficient (Wildman–Crippen LogP) is 1.77. The van der Waals surface area contributed by atoms with E-state index in [1.54, 1.807) is 6.07 Å². The predicted molar refractivity (Wildman–Crippen MR) is 79.5 cm³/mol. The molecule has 0 radical (unpaired) electrons. The minimum absolute atomic E-state index is 0.137. The van der Waals surface area contributed by atoms with Crippen LogP contribution in [0.1, 0.15) is 16.9 Å². The van der Waals surface area contributed by atoms with E-state index in [1.165, 1.54) is 6.07 Å². The SMILES string of the molecule is O=C(NCC1(O)CCOC1)c1cc(Cl)c2ccccc2n1. The standard InChI is InChI=1S/C15H15ClN2O3/c16-11-7-13(18-12-4-2-1-3-10(11)12)14(19)17-8-15(20)5-6-21-9-15/h1-4,7,20H,5-6,8-9H2,(H,17,19). The van der Waals surface area contributed by atoms with Gasteiger partial charge < -0.3 is 15.2 Å². The summed E-state index contributed by atoms with van der Waals surface area (Å²) in [6, 6.07) is 8.90. The lowest BCUT2D eigenvalue weighted by Gasteiger charge is -2.20. The molecule has 1 aliphatic rings. The van der Waals surface area contributed by atoms with Crippen LogP contribution in [0.25, 0.3) is 10.9 Å². The van der Waals surface area contributed by atoms with Crippen molar-refractivity contribution < 1.29 is 14.6 Å². The molecule has 2 aromatic rings. The number of hydrogen-bond donors (Lipinski definition) is 2. The van der Waals surface area contributed by atoms with Gasteiger partial charge in [-0.3, -0.25) is 4.79 Å². The Labute approximate surface area is 126 Å². The highest BCUT2D eigenvalue weighted by molar-refractivity contribution is 6.35. The van der Waals surface area contributed by atoms with Crippen LogP contribution in [0.3, 0.4) is 0 Å². The van der Waals surface area contributed by atoms with Crippen molar-refractivity contribution in [1.82, 2.24) is 10.3 Å². The Balaban J connectivity index is 1.78. The number of carbonyl (C=O) groups is 1. The van der Waals surface area contributed by atoms with Crippen LogP contribution in [0.15, 0.2) is 30.3 Å². The van der Waals surface area contributed by atoms with Gasteiger partial charge in [-0.15, -0.1) is 0 Å². The maximum atomic E-state index is 12.2. The van der Waals surface area contributed by atoms with Crippen LogP contribution in [0.2, 0.25) is 5.02 Å². The van der Waals surface area contributed by atoms with Crippen LogP contribution in [0.5, 0.6) is 0 Å². The second-order valence-electron chi connectivity index (χ2n) is 5.22. The molecule has 0 bridgehead atoms. The number of benzene rings is 1. The van der Waals surface area contributed by atoms with Gasteiger partial charge in [0.05, 0.1) is 17.1 Å². The Morgan fingerprint density at radius 3 is 3.05 bits per heavy atom. The normalized spacial score (nSPS) is 21.6. The van der Waals surface area contributed by atoms with Gasteiger partial charge in [-0.2, -0.15) is 0 Å². The Morgan fingerprint density at radius 2 is 2.29 bits per heavy atom. The molecule has 0 spiro atoms. The molecule has 1 unspecified atom stereocenters. The highest BCUT2D eigenvalue weighted by Gasteiger charge is 2.32. The highest BCUT2D eigenvalue weighted by Crippen LogP contribution is 2.23. The van der Waals surface area contributed by atoms with Gasteiger partial charge in [0.2, 0.25) is 0 Å². The van der Waals surface area contributed by atoms with Crippen LogP contribution < -0.4 is 5.32 Å². The Kier molecular flexibility index (Phi) is 3.80. The molecule has 6 heteroatoms. The lowest BCUT2D eigenvalue weighted by Crippen LogP contribution is -2.43. The number of ether oxygens (including phenoxy) is 1. The molecule has 21 heavy (non-hydrogen) atoms. The summed E-state index contributed by atoms with van der Waals surface area (Å²) in [6.45, 7) is 0.879. The van der Waals surface area contributed by atoms with Gasteiger partial charge in [-0.1, -0.05) is 29.8 Å². The zero-order chi connectivity index (χ0) is 14.9. The number of halogens is 1. The molecular formula is C15H15ClN2O3. The summed E-state index contributed by atoms with van der Waals surface area (Å²) >= 11 is 6.17. The lowest BCUT2D eigenvalue weighted by atomic mass is 10.0. The molecule has 1 amide bonds. The van der Waals surface area contributed by atoms with Crippen LogP contribution >= 0.6 is 11.6 Å². The number of amides is 1. The van der Waals surface area contributed by atoms with E-state index in [4.69, 9.17) is 16.3 Å². The summed E-state index contributed by atoms with van der Waals surface area (Å²) in [5, 5.41) is 14.1. The zero-order valence-corrected chi connectivity index (χ0v) is 12.1. The van der Waals surface area contributed by atoms with E-state index in [-0.39, 0.29) is 24.8 Å². The molecule has 0 saturated carbocycles. The number of para-hydroxylation sites is 1. The van der Waals surface area contributed by atoms with Crippen molar-refractivity contribution in [1.29, 1.82) is 0 Å². The van der Waals surface area contributed by atoms with Crippen molar-refractivity contribution in [2.75, 3.05) is 19.8 Å². The number of rotatable bonds is 3. The fraction of sp³-hybridized carbons (Fsp3) is 0.333. The third-order valence-corrected chi connectivity index (χ3v) is 3.87. The first-order valence-corrected chi connectivity index (χ1v) is 7.09. The molecule has 0 aliphatic carbocycles. The first-order valence-electron chi connectivity index (χ1n) is 6.71. The fourth-order valence-electron chi connectivity index (χ4n) is 2.32. The zero-order valence-electron chi connectivity index (χ0n) is 11.3. The monoisotopic (exact) mass is 306 g/mol. The van der Waals surface area contributed by atoms with E-state index >= 15 is 0 Å². The number of nitrogens with zero attached hydrogens (tertiary/aromatic N) is 1. The molecule has 110 valence electrons. The molecule has 1 fully saturated rings. The molecule has 5 nitrogen and oxygen atoms in total. The van der Waals surface area contributed by atoms with E-state index in [2.05, 4.69) is 10.3 Å². The number of carbonyl (C=O) groups excluding carboxylic acids is 1. The second kappa shape index (κ2) is 5.60. The molecule has 1 aliphatic heterocycles. The van der Waals surface area contributed by atoms with Crippen molar-refractivity contribution in [3.05, 3.63) is 41.0 Å². The number of pyridine rings is 1. The molecule has 2 heterocycles. The molecule has 2 N–H and O–H groups in total. The number of fused-ring (bicyclic) bond motifs is 1. The van der Waals surface area contributed by atoms with Gasteiger partial charge in [-0.25, -0.2) is 4.98 Å². The van der Waals surface area contributed by atoms with E-state index in [9.17, 15) is 9.90 Å². The number of nitrogens with one attached hydrogen (secondary N) is 1. The van der Waals surface area contributed by atoms with E-state index in [0.717, 1.165) is 5.39 Å². The summed E-state index contributed by atoms with van der Waals surface area (Å²) in [5.74, 6) is -0.358. The first kappa shape index (κ1) is 14.3. The smallest absolute Gasteiger partial charge is 0.270 e. The van der Waals surface area contributed by atoms with Crippen molar-refractivity contribution in [3.63, 3.8) is 0 Å². The van der Waals surface area contributed by atoms with Gasteiger partial charge in [0.25, 0.3) is 5.91 Å². The number of aromatic nitrogens is 1. The van der Waals surface area contributed by atoms with Crippen LogP contribution in [0.4, 0.5) is 0 Å². The van der Waals surface area contributed by atoms with Gasteiger partial charge in [0, 0.05) is 25.0 Å². The summed E-state index contributed by atoms with van der Waals surface area (Å²) in [4.78, 5) is 16.4. The van der Waals surface area contributed by atoms with Crippen LogP contribution in [-0.4, -0.2) is 41.4 Å². The summed E-state index contributed by atoms with van der Waals surface area (Å²) in [6.07, 6.45) is 0.513. The van der Waals surface area contributed by atoms with Crippen LogP contribution in [-0.2, 0) is 4.74 Å². The Hall–Kier alpha value is -1.69. The van der Waals surface area contributed by atoms with E-state index < -0.39 is 5.60 Å². The van der Waals surface area contributed by atoms with Crippen molar-refractivity contribution in [2.24, 2.45) is 0 Å². The van der Waals surface area contributed by atoms with Gasteiger partial charge in [0.1, 0.15) is 11.3 Å². The topological polar surface area (TPSA) is 71.5 Å². The summed E-state index contributed by atoms with van der Waals surface area (Å²) < 4.78 is 5.14. The average Bonchev–Trinajstić information content (AvgIpc) is 2.92. The minimum atomic E-state index is -0.990. The summed E-state index contributed by atoms with van der Waals surface area (Å²) in [5.41, 5.74) is -0.0877. The average molecular weight is 307 g/mol. The molecule has 3 rings (SSSR count). The minimum Gasteiger partial charge on any atom is -0.386 e. The maximum absolute atomic E-state index is 12.2. The third kappa shape index (κ3) is 3.00. The quantitative estimate of drug-likeness (QED) is 0.906. The number of hydrogen-bond acceptors (Lipinski definition) is 4. The molecule has 1 aromatic heterocycles. The van der Waals surface area contributed by atoms with E-state index in [1.807, 2.05) is 18.2 Å². The largest absolute Gasteiger partial charge is 0.386 e. The van der Waals surface area contributed by atoms with Gasteiger partial charge in [0.15, 0.2) is 0 Å². The van der Waals surface area contributed by atoms with Gasteiger partial charge >= 0.3 is 0 Å². The van der Waals surface area contributed by atoms with Crippen molar-refractivity contribution in [2.45, 2.75) is 12.0 Å². The maximum Gasteiger partial charge on any atom is 0.270 e. The molecule has 1 saturated heterocycles.